The van der Waals surface area contributed by atoms with Crippen LogP contribution in [0.4, 0.5) is 0 Å². The van der Waals surface area contributed by atoms with Crippen molar-refractivity contribution in [2.24, 2.45) is 5.92 Å². The van der Waals surface area contributed by atoms with Gasteiger partial charge in [-0.1, -0.05) is 32.0 Å². The molecule has 1 unspecified atom stereocenters. The fourth-order valence-corrected chi connectivity index (χ4v) is 5.95. The predicted octanol–water partition coefficient (Wildman–Crippen LogP) is 3.77. The summed E-state index contributed by atoms with van der Waals surface area (Å²) in [5.41, 5.74) is 0.902. The highest BCUT2D eigenvalue weighted by molar-refractivity contribution is 7.91. The van der Waals surface area contributed by atoms with E-state index in [2.05, 4.69) is 18.7 Å². The SMILES string of the molecule is CC(C)CN(Cn1nc(-c2ccco2)n(-c2ccccc2)c1=S)C1CCS(=O)(=O)C1. The normalized spacial score (nSPS) is 18.5. The van der Waals surface area contributed by atoms with Gasteiger partial charge in [0, 0.05) is 12.6 Å². The van der Waals surface area contributed by atoms with Gasteiger partial charge >= 0.3 is 0 Å². The van der Waals surface area contributed by atoms with Crippen LogP contribution >= 0.6 is 12.2 Å². The van der Waals surface area contributed by atoms with E-state index in [9.17, 15) is 8.42 Å². The van der Waals surface area contributed by atoms with E-state index >= 15 is 0 Å². The Kier molecular flexibility index (Phi) is 5.95. The van der Waals surface area contributed by atoms with Gasteiger partial charge in [-0.3, -0.25) is 9.47 Å². The maximum absolute atomic E-state index is 12.1. The Hall–Kier alpha value is -2.23. The molecule has 1 saturated heterocycles. The summed E-state index contributed by atoms with van der Waals surface area (Å²) < 4.78 is 33.9. The lowest BCUT2D eigenvalue weighted by Crippen LogP contribution is -2.40. The third-order valence-electron chi connectivity index (χ3n) is 5.24. The Bertz CT molecular complexity index is 1150. The quantitative estimate of drug-likeness (QED) is 0.515. The minimum absolute atomic E-state index is 0.0201. The molecule has 30 heavy (non-hydrogen) atoms. The fraction of sp³-hybridized carbons (Fsp3) is 0.429. The van der Waals surface area contributed by atoms with Crippen molar-refractivity contribution in [2.75, 3.05) is 18.1 Å². The maximum atomic E-state index is 12.1. The molecule has 1 aromatic carbocycles. The first-order valence-electron chi connectivity index (χ1n) is 10.1. The molecular formula is C21H26N4O3S2. The summed E-state index contributed by atoms with van der Waals surface area (Å²) in [6.45, 7) is 5.47. The Labute approximate surface area is 181 Å². The van der Waals surface area contributed by atoms with Crippen LogP contribution in [-0.2, 0) is 16.5 Å². The minimum atomic E-state index is -2.98. The molecule has 0 bridgehead atoms. The second-order valence-electron chi connectivity index (χ2n) is 8.12. The van der Waals surface area contributed by atoms with Crippen LogP contribution in [0.3, 0.4) is 0 Å². The first-order valence-corrected chi connectivity index (χ1v) is 12.3. The van der Waals surface area contributed by atoms with Crippen LogP contribution in [0.25, 0.3) is 17.3 Å². The molecule has 0 saturated carbocycles. The molecule has 1 aliphatic heterocycles. The van der Waals surface area contributed by atoms with Crippen molar-refractivity contribution in [2.45, 2.75) is 33.0 Å². The van der Waals surface area contributed by atoms with Crippen LogP contribution in [-0.4, -0.2) is 51.8 Å². The molecule has 1 fully saturated rings. The Balaban J connectivity index is 1.74. The highest BCUT2D eigenvalue weighted by Gasteiger charge is 2.33. The summed E-state index contributed by atoms with van der Waals surface area (Å²) in [6, 6.07) is 13.5. The van der Waals surface area contributed by atoms with Gasteiger partial charge in [0.15, 0.2) is 15.6 Å². The lowest BCUT2D eigenvalue weighted by molar-refractivity contribution is 0.137. The lowest BCUT2D eigenvalue weighted by atomic mass is 10.1. The van der Waals surface area contributed by atoms with Crippen molar-refractivity contribution >= 4 is 22.1 Å². The standard InChI is InChI=1S/C21H26N4O3S2/c1-16(2)13-23(18-10-12-30(26,27)14-18)15-24-21(29)25(17-7-4-3-5-8-17)20(22-24)19-9-6-11-28-19/h3-9,11,16,18H,10,12-15H2,1-2H3. The summed E-state index contributed by atoms with van der Waals surface area (Å²) >= 11 is 5.80. The van der Waals surface area contributed by atoms with Crippen LogP contribution in [0.1, 0.15) is 20.3 Å². The number of sulfone groups is 1. The molecular weight excluding hydrogens is 420 g/mol. The second kappa shape index (κ2) is 8.49. The Morgan fingerprint density at radius 2 is 2.00 bits per heavy atom. The van der Waals surface area contributed by atoms with Crippen molar-refractivity contribution in [3.8, 4) is 17.3 Å². The van der Waals surface area contributed by atoms with Crippen molar-refractivity contribution in [1.29, 1.82) is 0 Å². The molecule has 4 rings (SSSR count). The van der Waals surface area contributed by atoms with Crippen LogP contribution in [0.15, 0.2) is 53.1 Å². The zero-order chi connectivity index (χ0) is 21.3. The maximum Gasteiger partial charge on any atom is 0.204 e. The van der Waals surface area contributed by atoms with E-state index < -0.39 is 9.84 Å². The number of nitrogens with zero attached hydrogens (tertiary/aromatic N) is 4. The van der Waals surface area contributed by atoms with Gasteiger partial charge in [0.1, 0.15) is 0 Å². The molecule has 0 N–H and O–H groups in total. The van der Waals surface area contributed by atoms with Gasteiger partial charge in [0.05, 0.1) is 30.1 Å². The average molecular weight is 447 g/mol. The van der Waals surface area contributed by atoms with Gasteiger partial charge in [-0.2, -0.15) is 0 Å². The third-order valence-corrected chi connectivity index (χ3v) is 7.38. The number of furan rings is 1. The monoisotopic (exact) mass is 446 g/mol. The zero-order valence-electron chi connectivity index (χ0n) is 17.1. The van der Waals surface area contributed by atoms with E-state index in [1.165, 1.54) is 0 Å². The highest BCUT2D eigenvalue weighted by Crippen LogP contribution is 2.25. The van der Waals surface area contributed by atoms with E-state index in [1.807, 2.05) is 47.0 Å². The largest absolute Gasteiger partial charge is 0.461 e. The number of hydrogen-bond donors (Lipinski definition) is 0. The second-order valence-corrected chi connectivity index (χ2v) is 10.7. The molecule has 1 aliphatic rings. The molecule has 3 heterocycles. The van der Waals surface area contributed by atoms with Crippen LogP contribution < -0.4 is 0 Å². The number of para-hydroxylation sites is 1. The summed E-state index contributed by atoms with van der Waals surface area (Å²) in [5, 5.41) is 4.77. The lowest BCUT2D eigenvalue weighted by Gasteiger charge is -2.29. The van der Waals surface area contributed by atoms with E-state index in [0.29, 0.717) is 35.4 Å². The highest BCUT2D eigenvalue weighted by atomic mass is 32.2. The third kappa shape index (κ3) is 4.43. The minimum Gasteiger partial charge on any atom is -0.461 e. The number of benzene rings is 1. The molecule has 0 amide bonds. The van der Waals surface area contributed by atoms with Gasteiger partial charge in [-0.15, -0.1) is 5.10 Å². The van der Waals surface area contributed by atoms with E-state index in [0.717, 1.165) is 12.2 Å². The van der Waals surface area contributed by atoms with E-state index in [4.69, 9.17) is 21.7 Å². The van der Waals surface area contributed by atoms with Crippen LogP contribution in [0.5, 0.6) is 0 Å². The summed E-state index contributed by atoms with van der Waals surface area (Å²) in [7, 11) is -2.98. The molecule has 2 aromatic heterocycles. The van der Waals surface area contributed by atoms with Crippen LogP contribution in [0.2, 0.25) is 0 Å². The topological polar surface area (TPSA) is 73.3 Å². The molecule has 160 valence electrons. The van der Waals surface area contributed by atoms with Crippen molar-refractivity contribution in [3.05, 3.63) is 53.5 Å². The van der Waals surface area contributed by atoms with Gasteiger partial charge in [0.2, 0.25) is 10.6 Å². The molecule has 9 heteroatoms. The van der Waals surface area contributed by atoms with E-state index in [1.54, 1.807) is 10.9 Å². The molecule has 7 nitrogen and oxygen atoms in total. The molecule has 3 aromatic rings. The zero-order valence-corrected chi connectivity index (χ0v) is 18.8. The Morgan fingerprint density at radius 3 is 2.60 bits per heavy atom. The fourth-order valence-electron chi connectivity index (χ4n) is 3.90. The van der Waals surface area contributed by atoms with Gasteiger partial charge < -0.3 is 4.42 Å². The van der Waals surface area contributed by atoms with E-state index in [-0.39, 0.29) is 17.5 Å². The van der Waals surface area contributed by atoms with Crippen molar-refractivity contribution < 1.29 is 12.8 Å². The summed E-state index contributed by atoms with van der Waals surface area (Å²) in [4.78, 5) is 2.19. The van der Waals surface area contributed by atoms with Gasteiger partial charge in [-0.25, -0.2) is 13.1 Å². The summed E-state index contributed by atoms with van der Waals surface area (Å²) in [6.07, 6.45) is 2.26. The smallest absolute Gasteiger partial charge is 0.204 e. The average Bonchev–Trinajstić information content (AvgIpc) is 3.41. The van der Waals surface area contributed by atoms with Gasteiger partial charge in [-0.05, 0) is 48.8 Å². The van der Waals surface area contributed by atoms with Crippen molar-refractivity contribution in [3.63, 3.8) is 0 Å². The van der Waals surface area contributed by atoms with Crippen LogP contribution in [0, 0.1) is 10.7 Å². The van der Waals surface area contributed by atoms with Gasteiger partial charge in [0.25, 0.3) is 0 Å². The summed E-state index contributed by atoms with van der Waals surface area (Å²) in [5.74, 6) is 2.08. The molecule has 0 radical (unpaired) electrons. The molecule has 1 atom stereocenters. The number of aromatic nitrogens is 3. The first kappa shape index (κ1) is 21.0. The number of hydrogen-bond acceptors (Lipinski definition) is 6. The molecule has 0 aliphatic carbocycles. The van der Waals surface area contributed by atoms with Crippen molar-refractivity contribution in [1.82, 2.24) is 19.2 Å². The molecule has 0 spiro atoms. The predicted molar refractivity (Wildman–Crippen MR) is 119 cm³/mol. The Morgan fingerprint density at radius 1 is 1.23 bits per heavy atom. The first-order chi connectivity index (χ1) is 14.3. The number of rotatable bonds is 7.